The van der Waals surface area contributed by atoms with Crippen LogP contribution in [0, 0.1) is 11.8 Å². The van der Waals surface area contributed by atoms with Crippen molar-refractivity contribution in [3.63, 3.8) is 0 Å². The van der Waals surface area contributed by atoms with Gasteiger partial charge in [0, 0.05) is 5.92 Å². The summed E-state index contributed by atoms with van der Waals surface area (Å²) < 4.78 is 4.49. The molecule has 0 aliphatic carbocycles. The van der Waals surface area contributed by atoms with Crippen molar-refractivity contribution in [3.8, 4) is 0 Å². The van der Waals surface area contributed by atoms with Crippen LogP contribution >= 0.6 is 0 Å². The smallest absolute Gasteiger partial charge is 0.309 e. The monoisotopic (exact) mass is 158 g/mol. The number of carbonyl (C=O) groups excluding carboxylic acids is 2. The van der Waals surface area contributed by atoms with E-state index in [2.05, 4.69) is 4.74 Å². The molecule has 0 aliphatic rings. The lowest BCUT2D eigenvalue weighted by Gasteiger charge is -2.13. The summed E-state index contributed by atoms with van der Waals surface area (Å²) in [7, 11) is 1.33. The quantitative estimate of drug-likeness (QED) is 0.576. The number of Topliss-reactive ketones (excluding diaryl/α,β-unsaturated/α-hetero) is 1. The molecular formula is C8H14O3. The van der Waals surface area contributed by atoms with Gasteiger partial charge in [-0.3, -0.25) is 9.59 Å². The Morgan fingerprint density at radius 3 is 1.91 bits per heavy atom. The topological polar surface area (TPSA) is 43.4 Å². The lowest BCUT2D eigenvalue weighted by Crippen LogP contribution is -2.24. The minimum absolute atomic E-state index is 0.0166. The first kappa shape index (κ1) is 10.1. The predicted octanol–water partition coefficient (Wildman–Crippen LogP) is 1.02. The molecule has 64 valence electrons. The Kier molecular flexibility index (Phi) is 3.79. The van der Waals surface area contributed by atoms with Crippen molar-refractivity contribution < 1.29 is 14.3 Å². The lowest BCUT2D eigenvalue weighted by molar-refractivity contribution is -0.148. The number of rotatable bonds is 3. The Morgan fingerprint density at radius 1 is 1.18 bits per heavy atom. The molecule has 0 bridgehead atoms. The summed E-state index contributed by atoms with van der Waals surface area (Å²) in [5.74, 6) is -0.893. The minimum Gasteiger partial charge on any atom is -0.469 e. The fourth-order valence-corrected chi connectivity index (χ4v) is 0.742. The van der Waals surface area contributed by atoms with Crippen molar-refractivity contribution in [3.05, 3.63) is 0 Å². The SMILES string of the molecule is COC(=O)[C@@H](C)[C@@H](C)C(C)=O. The van der Waals surface area contributed by atoms with E-state index in [-0.39, 0.29) is 23.6 Å². The van der Waals surface area contributed by atoms with E-state index >= 15 is 0 Å². The molecule has 11 heavy (non-hydrogen) atoms. The third-order valence-corrected chi connectivity index (χ3v) is 1.96. The van der Waals surface area contributed by atoms with Gasteiger partial charge in [-0.25, -0.2) is 0 Å². The second-order valence-corrected chi connectivity index (χ2v) is 2.71. The van der Waals surface area contributed by atoms with Gasteiger partial charge in [0.25, 0.3) is 0 Å². The van der Waals surface area contributed by atoms with E-state index in [0.717, 1.165) is 0 Å². The third kappa shape index (κ3) is 2.70. The largest absolute Gasteiger partial charge is 0.469 e. The van der Waals surface area contributed by atoms with E-state index in [0.29, 0.717) is 0 Å². The summed E-state index contributed by atoms with van der Waals surface area (Å²) in [6.07, 6.45) is 0. The number of methoxy groups -OCH3 is 1. The maximum Gasteiger partial charge on any atom is 0.309 e. The minimum atomic E-state index is -0.336. The van der Waals surface area contributed by atoms with Crippen LogP contribution in [0.5, 0.6) is 0 Å². The highest BCUT2D eigenvalue weighted by Crippen LogP contribution is 2.12. The Labute approximate surface area is 66.7 Å². The van der Waals surface area contributed by atoms with Gasteiger partial charge in [-0.05, 0) is 6.92 Å². The van der Waals surface area contributed by atoms with Gasteiger partial charge < -0.3 is 4.74 Å². The standard InChI is InChI=1S/C8H14O3/c1-5(7(3)9)6(2)8(10)11-4/h5-6H,1-4H3/t5-,6+/m1/s1. The molecule has 0 spiro atoms. The molecule has 3 heteroatoms. The molecule has 0 unspecified atom stereocenters. The number of carbonyl (C=O) groups is 2. The van der Waals surface area contributed by atoms with Crippen LogP contribution in [0.3, 0.4) is 0 Å². The van der Waals surface area contributed by atoms with Gasteiger partial charge in [-0.2, -0.15) is 0 Å². The summed E-state index contributed by atoms with van der Waals surface area (Å²) in [5, 5.41) is 0. The van der Waals surface area contributed by atoms with Crippen LogP contribution in [0.1, 0.15) is 20.8 Å². The van der Waals surface area contributed by atoms with Crippen LogP contribution in [0.15, 0.2) is 0 Å². The molecule has 0 amide bonds. The molecule has 0 aromatic rings. The molecule has 0 heterocycles. The molecule has 0 saturated heterocycles. The van der Waals surface area contributed by atoms with Crippen molar-refractivity contribution >= 4 is 11.8 Å². The van der Waals surface area contributed by atoms with Crippen LogP contribution in [0.25, 0.3) is 0 Å². The first-order valence-electron chi connectivity index (χ1n) is 3.59. The Hall–Kier alpha value is -0.860. The summed E-state index contributed by atoms with van der Waals surface area (Å²) in [5.41, 5.74) is 0. The Bertz CT molecular complexity index is 163. The molecule has 0 aromatic carbocycles. The van der Waals surface area contributed by atoms with E-state index in [9.17, 15) is 9.59 Å². The average molecular weight is 158 g/mol. The highest BCUT2D eigenvalue weighted by Gasteiger charge is 2.23. The highest BCUT2D eigenvalue weighted by atomic mass is 16.5. The van der Waals surface area contributed by atoms with E-state index in [1.54, 1.807) is 13.8 Å². The fourth-order valence-electron chi connectivity index (χ4n) is 0.742. The first-order chi connectivity index (χ1) is 5.00. The van der Waals surface area contributed by atoms with Gasteiger partial charge in [0.05, 0.1) is 13.0 Å². The van der Waals surface area contributed by atoms with E-state index < -0.39 is 0 Å². The van der Waals surface area contributed by atoms with E-state index in [1.165, 1.54) is 14.0 Å². The van der Waals surface area contributed by atoms with Crippen LogP contribution < -0.4 is 0 Å². The molecule has 0 N–H and O–H groups in total. The number of ketones is 1. The fraction of sp³-hybridized carbons (Fsp3) is 0.750. The zero-order valence-electron chi connectivity index (χ0n) is 7.38. The van der Waals surface area contributed by atoms with Crippen LogP contribution in [-0.4, -0.2) is 18.9 Å². The van der Waals surface area contributed by atoms with Gasteiger partial charge in [-0.1, -0.05) is 13.8 Å². The molecule has 3 nitrogen and oxygen atoms in total. The molecule has 2 atom stereocenters. The number of hydrogen-bond donors (Lipinski definition) is 0. The predicted molar refractivity (Wildman–Crippen MR) is 41.0 cm³/mol. The van der Waals surface area contributed by atoms with E-state index in [1.807, 2.05) is 0 Å². The van der Waals surface area contributed by atoms with Crippen molar-refractivity contribution in [2.24, 2.45) is 11.8 Å². The third-order valence-electron chi connectivity index (χ3n) is 1.96. The second-order valence-electron chi connectivity index (χ2n) is 2.71. The molecule has 0 fully saturated rings. The molecular weight excluding hydrogens is 144 g/mol. The van der Waals surface area contributed by atoms with Gasteiger partial charge in [0.15, 0.2) is 0 Å². The summed E-state index contributed by atoms with van der Waals surface area (Å²) in [6.45, 7) is 4.89. The molecule has 0 aromatic heterocycles. The van der Waals surface area contributed by atoms with Gasteiger partial charge >= 0.3 is 5.97 Å². The van der Waals surface area contributed by atoms with Crippen molar-refractivity contribution in [1.82, 2.24) is 0 Å². The van der Waals surface area contributed by atoms with Gasteiger partial charge in [0.1, 0.15) is 5.78 Å². The number of hydrogen-bond acceptors (Lipinski definition) is 3. The van der Waals surface area contributed by atoms with Crippen molar-refractivity contribution in [1.29, 1.82) is 0 Å². The van der Waals surface area contributed by atoms with Gasteiger partial charge in [0.2, 0.25) is 0 Å². The van der Waals surface area contributed by atoms with Crippen LogP contribution in [0.4, 0.5) is 0 Å². The summed E-state index contributed by atoms with van der Waals surface area (Å²) in [6, 6.07) is 0. The lowest BCUT2D eigenvalue weighted by atomic mass is 9.93. The Balaban J connectivity index is 4.12. The first-order valence-corrected chi connectivity index (χ1v) is 3.59. The zero-order chi connectivity index (χ0) is 9.02. The normalized spacial score (nSPS) is 15.3. The maximum atomic E-state index is 10.9. The average Bonchev–Trinajstić information content (AvgIpc) is 2.00. The second kappa shape index (κ2) is 4.11. The molecule has 0 saturated carbocycles. The molecule has 0 radical (unpaired) electrons. The Morgan fingerprint density at radius 2 is 1.64 bits per heavy atom. The van der Waals surface area contributed by atoms with Gasteiger partial charge in [-0.15, -0.1) is 0 Å². The number of ether oxygens (including phenoxy) is 1. The molecule has 0 rings (SSSR count). The van der Waals surface area contributed by atoms with E-state index in [4.69, 9.17) is 0 Å². The molecule has 0 aliphatic heterocycles. The maximum absolute atomic E-state index is 10.9. The van der Waals surface area contributed by atoms with Crippen molar-refractivity contribution in [2.45, 2.75) is 20.8 Å². The number of esters is 1. The highest BCUT2D eigenvalue weighted by molar-refractivity contribution is 5.84. The summed E-state index contributed by atoms with van der Waals surface area (Å²) in [4.78, 5) is 21.7. The van der Waals surface area contributed by atoms with Crippen molar-refractivity contribution in [2.75, 3.05) is 7.11 Å². The summed E-state index contributed by atoms with van der Waals surface area (Å²) >= 11 is 0. The van der Waals surface area contributed by atoms with Crippen LogP contribution in [0.2, 0.25) is 0 Å². The zero-order valence-corrected chi connectivity index (χ0v) is 7.38. The van der Waals surface area contributed by atoms with Crippen LogP contribution in [-0.2, 0) is 14.3 Å².